The van der Waals surface area contributed by atoms with Gasteiger partial charge in [-0.1, -0.05) is 37.6 Å². The van der Waals surface area contributed by atoms with Crippen LogP contribution in [0.5, 0.6) is 0 Å². The van der Waals surface area contributed by atoms with E-state index in [4.69, 9.17) is 11.6 Å². The largest absolute Gasteiger partial charge is 0.339 e. The number of allylic oxidation sites excluding steroid dienone is 1. The number of hydrogen-bond acceptors (Lipinski definition) is 2. The molecule has 0 spiro atoms. The zero-order valence-electron chi connectivity index (χ0n) is 16.9. The van der Waals surface area contributed by atoms with Crippen molar-refractivity contribution in [2.75, 3.05) is 30.7 Å². The second-order valence-electron chi connectivity index (χ2n) is 8.26. The fraction of sp³-hybridized carbons (Fsp3) is 0.478. The van der Waals surface area contributed by atoms with Crippen molar-refractivity contribution >= 4 is 37.7 Å². The van der Waals surface area contributed by atoms with E-state index in [2.05, 4.69) is 12.7 Å². The third-order valence-electron chi connectivity index (χ3n) is 6.09. The molecule has 0 saturated carbocycles. The van der Waals surface area contributed by atoms with Gasteiger partial charge in [-0.05, 0) is 69.0 Å². The average Bonchev–Trinajstić information content (AvgIpc) is 2.94. The molecule has 1 fully saturated rings. The fourth-order valence-electron chi connectivity index (χ4n) is 4.49. The standard InChI is InChI=1S/C23H28ClN2O2P/c1-16-12-19(15-29-14-16)22(27)25-10-7-17(8-11-25)23(28)26-9-3-2-4-18-13-20(24)5-6-21(18)26/h5-6,12-13,15,17,29H,2-4,7-11,14H2,1H3. The van der Waals surface area contributed by atoms with Crippen LogP contribution < -0.4 is 4.90 Å². The molecule has 2 amide bonds. The van der Waals surface area contributed by atoms with Crippen LogP contribution in [0.3, 0.4) is 0 Å². The van der Waals surface area contributed by atoms with Crippen LogP contribution in [0.15, 0.2) is 41.2 Å². The molecule has 0 radical (unpaired) electrons. The van der Waals surface area contributed by atoms with Crippen molar-refractivity contribution < 1.29 is 9.59 Å². The summed E-state index contributed by atoms with van der Waals surface area (Å²) in [5.41, 5.74) is 4.29. The van der Waals surface area contributed by atoms with Crippen LogP contribution in [-0.4, -0.2) is 42.5 Å². The van der Waals surface area contributed by atoms with Crippen molar-refractivity contribution in [2.24, 2.45) is 5.92 Å². The Morgan fingerprint density at radius 2 is 1.93 bits per heavy atom. The molecule has 29 heavy (non-hydrogen) atoms. The van der Waals surface area contributed by atoms with Gasteiger partial charge in [0.05, 0.1) is 0 Å². The summed E-state index contributed by atoms with van der Waals surface area (Å²) < 4.78 is 0. The lowest BCUT2D eigenvalue weighted by Gasteiger charge is -2.35. The van der Waals surface area contributed by atoms with E-state index >= 15 is 0 Å². The van der Waals surface area contributed by atoms with E-state index in [-0.39, 0.29) is 17.7 Å². The van der Waals surface area contributed by atoms with Gasteiger partial charge in [0.1, 0.15) is 0 Å². The van der Waals surface area contributed by atoms with Gasteiger partial charge in [-0.25, -0.2) is 0 Å². The molecule has 3 aliphatic heterocycles. The molecular formula is C23H28ClN2O2P. The van der Waals surface area contributed by atoms with E-state index in [0.29, 0.717) is 21.7 Å². The van der Waals surface area contributed by atoms with Crippen LogP contribution in [0.4, 0.5) is 5.69 Å². The van der Waals surface area contributed by atoms with Gasteiger partial charge in [0.15, 0.2) is 0 Å². The average molecular weight is 431 g/mol. The summed E-state index contributed by atoms with van der Waals surface area (Å²) in [5, 5.41) is 0.729. The minimum atomic E-state index is -0.0137. The maximum Gasteiger partial charge on any atom is 0.253 e. The summed E-state index contributed by atoms with van der Waals surface area (Å²) in [6.45, 7) is 4.17. The van der Waals surface area contributed by atoms with Crippen LogP contribution >= 0.6 is 20.2 Å². The first-order chi connectivity index (χ1) is 14.0. The summed E-state index contributed by atoms with van der Waals surface area (Å²) in [4.78, 5) is 30.1. The summed E-state index contributed by atoms with van der Waals surface area (Å²) in [6.07, 6.45) is 7.62. The number of amides is 2. The maximum absolute atomic E-state index is 13.3. The zero-order valence-corrected chi connectivity index (χ0v) is 18.7. The van der Waals surface area contributed by atoms with Crippen LogP contribution in [-0.2, 0) is 16.0 Å². The number of fused-ring (bicyclic) bond motifs is 1. The van der Waals surface area contributed by atoms with Crippen molar-refractivity contribution in [2.45, 2.75) is 39.0 Å². The zero-order chi connectivity index (χ0) is 20.4. The van der Waals surface area contributed by atoms with Gasteiger partial charge in [-0.2, -0.15) is 0 Å². The van der Waals surface area contributed by atoms with Gasteiger partial charge in [-0.3, -0.25) is 9.59 Å². The Bertz CT molecular complexity index is 872. The molecule has 1 aromatic rings. The normalized spacial score (nSPS) is 21.3. The van der Waals surface area contributed by atoms with Gasteiger partial charge < -0.3 is 9.80 Å². The van der Waals surface area contributed by atoms with E-state index in [1.165, 1.54) is 11.1 Å². The van der Waals surface area contributed by atoms with E-state index in [1.807, 2.05) is 34.1 Å². The Morgan fingerprint density at radius 3 is 2.69 bits per heavy atom. The van der Waals surface area contributed by atoms with E-state index in [1.54, 1.807) is 0 Å². The molecule has 3 aliphatic rings. The SMILES string of the molecule is CC1=CC(C(=O)N2CCC(C(=O)N3CCCCc4cc(Cl)ccc43)CC2)=CPC1. The number of anilines is 1. The number of likely N-dealkylation sites (tertiary alicyclic amines) is 1. The van der Waals surface area contributed by atoms with Crippen molar-refractivity contribution in [1.29, 1.82) is 0 Å². The Hall–Kier alpha value is -1.64. The molecule has 1 aromatic carbocycles. The molecule has 1 atom stereocenters. The summed E-state index contributed by atoms with van der Waals surface area (Å²) >= 11 is 6.18. The Balaban J connectivity index is 1.42. The number of carbonyl (C=O) groups excluding carboxylic acids is 2. The molecular weight excluding hydrogens is 403 g/mol. The molecule has 0 bridgehead atoms. The first-order valence-electron chi connectivity index (χ1n) is 10.5. The highest BCUT2D eigenvalue weighted by Crippen LogP contribution is 2.32. The number of nitrogens with zero attached hydrogens (tertiary/aromatic N) is 2. The molecule has 4 nitrogen and oxygen atoms in total. The Kier molecular flexibility index (Phi) is 6.41. The molecule has 1 unspecified atom stereocenters. The van der Waals surface area contributed by atoms with Gasteiger partial charge in [0.25, 0.3) is 5.91 Å². The molecule has 4 rings (SSSR count). The minimum absolute atomic E-state index is 0.0137. The smallest absolute Gasteiger partial charge is 0.253 e. The Morgan fingerprint density at radius 1 is 1.14 bits per heavy atom. The number of halogens is 1. The number of hydrogen-bond donors (Lipinski definition) is 0. The number of rotatable bonds is 2. The van der Waals surface area contributed by atoms with E-state index in [0.717, 1.165) is 61.1 Å². The molecule has 0 N–H and O–H groups in total. The van der Waals surface area contributed by atoms with Crippen LogP contribution in [0.1, 0.15) is 38.2 Å². The minimum Gasteiger partial charge on any atom is -0.339 e. The van der Waals surface area contributed by atoms with Gasteiger partial charge >= 0.3 is 0 Å². The third kappa shape index (κ3) is 4.59. The van der Waals surface area contributed by atoms with Crippen LogP contribution in [0.2, 0.25) is 5.02 Å². The lowest BCUT2D eigenvalue weighted by Crippen LogP contribution is -2.45. The molecule has 6 heteroatoms. The predicted octanol–water partition coefficient (Wildman–Crippen LogP) is 4.77. The van der Waals surface area contributed by atoms with Crippen molar-refractivity contribution in [3.05, 3.63) is 51.8 Å². The first kappa shape index (κ1) is 20.6. The lowest BCUT2D eigenvalue weighted by atomic mass is 9.94. The molecule has 1 saturated heterocycles. The number of benzene rings is 1. The Labute approximate surface area is 179 Å². The summed E-state index contributed by atoms with van der Waals surface area (Å²) in [5.74, 6) is 2.39. The third-order valence-corrected chi connectivity index (χ3v) is 7.61. The number of aryl methyl sites for hydroxylation is 1. The van der Waals surface area contributed by atoms with Crippen molar-refractivity contribution in [1.82, 2.24) is 4.90 Å². The predicted molar refractivity (Wildman–Crippen MR) is 121 cm³/mol. The lowest BCUT2D eigenvalue weighted by molar-refractivity contribution is -0.131. The molecule has 3 heterocycles. The van der Waals surface area contributed by atoms with Crippen molar-refractivity contribution in [3.63, 3.8) is 0 Å². The van der Waals surface area contributed by atoms with E-state index in [9.17, 15) is 9.59 Å². The number of piperidine rings is 1. The van der Waals surface area contributed by atoms with E-state index < -0.39 is 0 Å². The van der Waals surface area contributed by atoms with Crippen LogP contribution in [0, 0.1) is 5.92 Å². The highest BCUT2D eigenvalue weighted by atomic mass is 35.5. The van der Waals surface area contributed by atoms with Gasteiger partial charge in [-0.15, -0.1) is 0 Å². The second-order valence-corrected chi connectivity index (χ2v) is 9.74. The van der Waals surface area contributed by atoms with Gasteiger partial charge in [0.2, 0.25) is 5.91 Å². The topological polar surface area (TPSA) is 40.6 Å². The summed E-state index contributed by atoms with van der Waals surface area (Å²) in [7, 11) is 0.696. The fourth-order valence-corrected chi connectivity index (χ4v) is 5.64. The highest BCUT2D eigenvalue weighted by molar-refractivity contribution is 7.42. The monoisotopic (exact) mass is 430 g/mol. The van der Waals surface area contributed by atoms with Crippen molar-refractivity contribution in [3.8, 4) is 0 Å². The maximum atomic E-state index is 13.3. The first-order valence-corrected chi connectivity index (χ1v) is 12.2. The summed E-state index contributed by atoms with van der Waals surface area (Å²) in [6, 6.07) is 5.86. The quantitative estimate of drug-likeness (QED) is 0.634. The number of carbonyl (C=O) groups is 2. The molecule has 154 valence electrons. The molecule has 0 aliphatic carbocycles. The second kappa shape index (κ2) is 9.02. The highest BCUT2D eigenvalue weighted by Gasteiger charge is 2.32. The van der Waals surface area contributed by atoms with Gasteiger partial charge in [0, 0.05) is 41.8 Å². The molecule has 0 aromatic heterocycles. The van der Waals surface area contributed by atoms with Crippen LogP contribution in [0.25, 0.3) is 0 Å².